The van der Waals surface area contributed by atoms with Gasteiger partial charge in [-0.25, -0.2) is 9.59 Å². The zero-order chi connectivity index (χ0) is 24.6. The molecule has 0 spiro atoms. The Labute approximate surface area is 200 Å². The predicted molar refractivity (Wildman–Crippen MR) is 131 cm³/mol. The van der Waals surface area contributed by atoms with Crippen molar-refractivity contribution < 1.29 is 23.5 Å². The maximum Gasteiger partial charge on any atom is 0.338 e. The van der Waals surface area contributed by atoms with Crippen molar-refractivity contribution in [3.63, 3.8) is 0 Å². The van der Waals surface area contributed by atoms with Gasteiger partial charge in [-0.05, 0) is 79.5 Å². The largest absolute Gasteiger partial charge is 0.540 e. The number of hydrogen-bond acceptors (Lipinski definition) is 5. The molecule has 1 unspecified atom stereocenters. The minimum atomic E-state index is -2.14. The fourth-order valence-corrected chi connectivity index (χ4v) is 4.68. The minimum Gasteiger partial charge on any atom is -0.540 e. The van der Waals surface area contributed by atoms with Crippen LogP contribution in [0.4, 0.5) is 4.79 Å². The summed E-state index contributed by atoms with van der Waals surface area (Å²) in [4.78, 5) is 25.2. The van der Waals surface area contributed by atoms with E-state index in [2.05, 4.69) is 60.4 Å². The first-order valence-electron chi connectivity index (χ1n) is 10.5. The van der Waals surface area contributed by atoms with Gasteiger partial charge in [0.25, 0.3) is 8.32 Å². The van der Waals surface area contributed by atoms with Crippen molar-refractivity contribution in [3.05, 3.63) is 33.4 Å². The van der Waals surface area contributed by atoms with Crippen LogP contribution in [-0.2, 0) is 9.53 Å². The summed E-state index contributed by atoms with van der Waals surface area (Å²) in [6, 6.07) is 2.54. The second kappa shape index (κ2) is 9.09. The molecule has 0 bridgehead atoms. The molecule has 1 aliphatic heterocycles. The van der Waals surface area contributed by atoms with Crippen molar-refractivity contribution in [1.29, 1.82) is 0 Å². The van der Waals surface area contributed by atoms with E-state index in [1.165, 1.54) is 0 Å². The van der Waals surface area contributed by atoms with Crippen molar-refractivity contribution >= 4 is 36.2 Å². The molecule has 0 fully saturated rings. The highest BCUT2D eigenvalue weighted by Gasteiger charge is 2.40. The maximum absolute atomic E-state index is 13.0. The second-order valence-electron chi connectivity index (χ2n) is 10.5. The standard InChI is InChI=1S/C23H35BrN2O5Si/c1-13-17(20(27)30-22(2,3)4)18(26-21(28)25-13)14-11-15(24)19(16(12-14)29-8)31-32(9,10)23(5,6)7/h11-12,18H,1-10H3,(H2,25,26,28). The van der Waals surface area contributed by atoms with Crippen molar-refractivity contribution in [2.24, 2.45) is 0 Å². The van der Waals surface area contributed by atoms with Gasteiger partial charge in [0, 0.05) is 5.70 Å². The molecule has 1 aromatic rings. The molecular weight excluding hydrogens is 492 g/mol. The number of benzene rings is 1. The summed E-state index contributed by atoms with van der Waals surface area (Å²) in [6.45, 7) is 17.9. The molecule has 0 saturated heterocycles. The van der Waals surface area contributed by atoms with Gasteiger partial charge in [-0.15, -0.1) is 0 Å². The highest BCUT2D eigenvalue weighted by atomic mass is 79.9. The molecule has 9 heteroatoms. The van der Waals surface area contributed by atoms with E-state index in [4.69, 9.17) is 13.9 Å². The number of ether oxygens (including phenoxy) is 2. The van der Waals surface area contributed by atoms with E-state index in [0.717, 1.165) is 0 Å². The van der Waals surface area contributed by atoms with Gasteiger partial charge in [0.15, 0.2) is 11.5 Å². The topological polar surface area (TPSA) is 85.9 Å². The molecule has 1 atom stereocenters. The Hall–Kier alpha value is -2.00. The number of allylic oxidation sites excluding steroid dienone is 1. The Morgan fingerprint density at radius 1 is 1.12 bits per heavy atom. The molecule has 0 aromatic heterocycles. The van der Waals surface area contributed by atoms with Gasteiger partial charge in [0.1, 0.15) is 5.60 Å². The smallest absolute Gasteiger partial charge is 0.338 e. The van der Waals surface area contributed by atoms with E-state index in [1.807, 2.05) is 6.07 Å². The summed E-state index contributed by atoms with van der Waals surface area (Å²) in [7, 11) is -0.565. The molecule has 0 saturated carbocycles. The van der Waals surface area contributed by atoms with Gasteiger partial charge < -0.3 is 24.5 Å². The number of hydrogen-bond donors (Lipinski definition) is 2. The van der Waals surface area contributed by atoms with Gasteiger partial charge in [-0.1, -0.05) is 20.8 Å². The Morgan fingerprint density at radius 3 is 2.22 bits per heavy atom. The third-order valence-corrected chi connectivity index (χ3v) is 10.6. The summed E-state index contributed by atoms with van der Waals surface area (Å²) >= 11 is 3.62. The lowest BCUT2D eigenvalue weighted by Gasteiger charge is -2.37. The number of carbonyl (C=O) groups is 2. The van der Waals surface area contributed by atoms with E-state index < -0.39 is 32.0 Å². The van der Waals surface area contributed by atoms with Crippen LogP contribution < -0.4 is 19.8 Å². The number of rotatable bonds is 5. The predicted octanol–water partition coefficient (Wildman–Crippen LogP) is 5.81. The highest BCUT2D eigenvalue weighted by molar-refractivity contribution is 9.10. The molecule has 2 amide bonds. The number of carbonyl (C=O) groups excluding carboxylic acids is 2. The number of methoxy groups -OCH3 is 1. The second-order valence-corrected chi connectivity index (χ2v) is 16.0. The average molecular weight is 528 g/mol. The lowest BCUT2D eigenvalue weighted by Crippen LogP contribution is -2.46. The molecule has 2 rings (SSSR count). The Morgan fingerprint density at radius 2 is 1.72 bits per heavy atom. The van der Waals surface area contributed by atoms with Gasteiger partial charge in [0.05, 0.1) is 23.2 Å². The van der Waals surface area contributed by atoms with Gasteiger partial charge >= 0.3 is 12.0 Å². The molecule has 178 valence electrons. The fourth-order valence-electron chi connectivity index (χ4n) is 2.96. The molecule has 1 aliphatic rings. The number of urea groups is 1. The van der Waals surface area contributed by atoms with Crippen LogP contribution in [0.3, 0.4) is 0 Å². The first kappa shape index (κ1) is 26.3. The van der Waals surface area contributed by atoms with Crippen LogP contribution in [0.1, 0.15) is 60.1 Å². The van der Waals surface area contributed by atoms with Crippen molar-refractivity contribution in [2.45, 2.75) is 78.2 Å². The molecule has 2 N–H and O–H groups in total. The molecule has 0 aliphatic carbocycles. The lowest BCUT2D eigenvalue weighted by molar-refractivity contribution is -0.150. The van der Waals surface area contributed by atoms with Crippen LogP contribution in [0, 0.1) is 0 Å². The molecule has 7 nitrogen and oxygen atoms in total. The molecule has 32 heavy (non-hydrogen) atoms. The third kappa shape index (κ3) is 5.86. The van der Waals surface area contributed by atoms with Crippen LogP contribution in [0.15, 0.2) is 27.9 Å². The summed E-state index contributed by atoms with van der Waals surface area (Å²) < 4.78 is 18.4. The fraction of sp³-hybridized carbons (Fsp3) is 0.565. The Kier molecular flexibility index (Phi) is 7.46. The first-order valence-corrected chi connectivity index (χ1v) is 14.2. The molecular formula is C23H35BrN2O5Si. The number of amides is 2. The number of halogens is 1. The third-order valence-electron chi connectivity index (χ3n) is 5.64. The zero-order valence-electron chi connectivity index (χ0n) is 20.7. The Bertz CT molecular complexity index is 945. The lowest BCUT2D eigenvalue weighted by atomic mass is 9.95. The van der Waals surface area contributed by atoms with Gasteiger partial charge in [-0.2, -0.15) is 0 Å². The van der Waals surface area contributed by atoms with Gasteiger partial charge in [0.2, 0.25) is 0 Å². The van der Waals surface area contributed by atoms with Crippen molar-refractivity contribution in [1.82, 2.24) is 10.6 Å². The molecule has 1 heterocycles. The SMILES string of the molecule is COc1cc(C2NC(=O)NC(C)=C2C(=O)OC(C)(C)C)cc(Br)c1O[Si](C)(C)C(C)(C)C. The van der Waals surface area contributed by atoms with Crippen molar-refractivity contribution in [3.8, 4) is 11.5 Å². The maximum atomic E-state index is 13.0. The van der Waals surface area contributed by atoms with Crippen molar-refractivity contribution in [2.75, 3.05) is 7.11 Å². The van der Waals surface area contributed by atoms with Crippen LogP contribution in [0.5, 0.6) is 11.5 Å². The van der Waals surface area contributed by atoms with E-state index in [-0.39, 0.29) is 5.04 Å². The molecule has 0 radical (unpaired) electrons. The summed E-state index contributed by atoms with van der Waals surface area (Å²) in [5.74, 6) is 0.639. The average Bonchev–Trinajstić information content (AvgIpc) is 2.59. The van der Waals surface area contributed by atoms with Crippen LogP contribution >= 0.6 is 15.9 Å². The van der Waals surface area contributed by atoms with E-state index in [1.54, 1.807) is 40.9 Å². The first-order chi connectivity index (χ1) is 14.5. The van der Waals surface area contributed by atoms with E-state index in [0.29, 0.717) is 32.8 Å². The normalized spacial score (nSPS) is 17.5. The number of nitrogens with one attached hydrogen (secondary N) is 2. The van der Waals surface area contributed by atoms with Crippen LogP contribution in [0.25, 0.3) is 0 Å². The van der Waals surface area contributed by atoms with E-state index in [9.17, 15) is 9.59 Å². The highest BCUT2D eigenvalue weighted by Crippen LogP contribution is 2.45. The number of esters is 1. The summed E-state index contributed by atoms with van der Waals surface area (Å²) in [6.07, 6.45) is 0. The minimum absolute atomic E-state index is 0.00285. The zero-order valence-corrected chi connectivity index (χ0v) is 23.2. The Balaban J connectivity index is 2.56. The van der Waals surface area contributed by atoms with E-state index >= 15 is 0 Å². The van der Waals surface area contributed by atoms with Crippen LogP contribution in [0.2, 0.25) is 18.1 Å². The quantitative estimate of drug-likeness (QED) is 0.373. The van der Waals surface area contributed by atoms with Gasteiger partial charge in [-0.3, -0.25) is 0 Å². The summed E-state index contributed by atoms with van der Waals surface area (Å²) in [5.41, 5.74) is 0.790. The van der Waals surface area contributed by atoms with Crippen LogP contribution in [-0.4, -0.2) is 33.0 Å². The summed E-state index contributed by atoms with van der Waals surface area (Å²) in [5, 5.41) is 5.50. The molecule has 1 aromatic carbocycles. The monoisotopic (exact) mass is 526 g/mol.